The molecule has 126 valence electrons. The minimum atomic E-state index is -3.88. The number of carbonyl (C=O) groups excluding carboxylic acids is 2. The van der Waals surface area contributed by atoms with Crippen molar-refractivity contribution in [1.82, 2.24) is 14.9 Å². The minimum absolute atomic E-state index is 0.0319. The summed E-state index contributed by atoms with van der Waals surface area (Å²) in [5.41, 5.74) is 0.930. The number of likely N-dealkylation sites (tertiary alicyclic amines) is 1. The summed E-state index contributed by atoms with van der Waals surface area (Å²) in [6.07, 6.45) is 2.39. The third kappa shape index (κ3) is 4.95. The number of nitrogens with zero attached hydrogens (tertiary/aromatic N) is 1. The van der Waals surface area contributed by atoms with Crippen LogP contribution >= 0.6 is 0 Å². The third-order valence-corrected chi connectivity index (χ3v) is 4.99. The van der Waals surface area contributed by atoms with E-state index in [0.717, 1.165) is 18.4 Å². The maximum atomic E-state index is 12.0. The van der Waals surface area contributed by atoms with Crippen molar-refractivity contribution in [3.05, 3.63) is 29.8 Å². The predicted octanol–water partition coefficient (Wildman–Crippen LogP) is 0.995. The molecule has 1 fully saturated rings. The van der Waals surface area contributed by atoms with Gasteiger partial charge in [-0.15, -0.1) is 0 Å². The summed E-state index contributed by atoms with van der Waals surface area (Å²) >= 11 is 0. The summed E-state index contributed by atoms with van der Waals surface area (Å²) in [5.74, 6) is 0.0748. The van der Waals surface area contributed by atoms with E-state index in [1.54, 1.807) is 17.0 Å². The van der Waals surface area contributed by atoms with E-state index in [0.29, 0.717) is 19.5 Å². The first-order chi connectivity index (χ1) is 10.9. The molecule has 1 heterocycles. The largest absolute Gasteiger partial charge is 0.341 e. The number of benzene rings is 1. The Labute approximate surface area is 136 Å². The number of piperidine rings is 1. The molecule has 1 aliphatic heterocycles. The Bertz CT molecular complexity index is 670. The molecule has 8 heteroatoms. The van der Waals surface area contributed by atoms with Crippen LogP contribution in [0.1, 0.15) is 24.8 Å². The average Bonchev–Trinajstić information content (AvgIpc) is 2.49. The van der Waals surface area contributed by atoms with Crippen molar-refractivity contribution in [2.24, 2.45) is 0 Å². The van der Waals surface area contributed by atoms with Crippen LogP contribution in [0.3, 0.4) is 0 Å². The van der Waals surface area contributed by atoms with E-state index < -0.39 is 16.1 Å². The van der Waals surface area contributed by atoms with Crippen LogP contribution in [-0.2, 0) is 14.8 Å². The van der Waals surface area contributed by atoms with Crippen molar-refractivity contribution in [3.63, 3.8) is 0 Å². The maximum absolute atomic E-state index is 12.0. The molecule has 2 N–H and O–H groups in total. The standard InChI is InChI=1S/C15H21N3O4S/c1-12-5-7-13(8-6-12)23(21,22)17-15(20)16-9-11-18-10-3-2-4-14(18)19/h5-8H,2-4,9-11H2,1H3,(H2,16,17,20). The Balaban J connectivity index is 1.82. The van der Waals surface area contributed by atoms with Gasteiger partial charge in [-0.25, -0.2) is 17.9 Å². The molecular formula is C15H21N3O4S. The highest BCUT2D eigenvalue weighted by Gasteiger charge is 2.19. The average molecular weight is 339 g/mol. The first kappa shape index (κ1) is 17.3. The molecule has 1 saturated heterocycles. The van der Waals surface area contributed by atoms with E-state index in [1.807, 2.05) is 11.6 Å². The van der Waals surface area contributed by atoms with Crippen molar-refractivity contribution in [2.75, 3.05) is 19.6 Å². The molecule has 0 saturated carbocycles. The number of amides is 3. The molecule has 2 rings (SSSR count). The fourth-order valence-electron chi connectivity index (χ4n) is 2.34. The van der Waals surface area contributed by atoms with Crippen molar-refractivity contribution >= 4 is 22.0 Å². The third-order valence-electron chi connectivity index (χ3n) is 3.65. The molecule has 3 amide bonds. The van der Waals surface area contributed by atoms with Gasteiger partial charge in [0.25, 0.3) is 10.0 Å². The number of rotatable bonds is 5. The molecule has 23 heavy (non-hydrogen) atoms. The lowest BCUT2D eigenvalue weighted by atomic mass is 10.1. The molecule has 0 aliphatic carbocycles. The van der Waals surface area contributed by atoms with Gasteiger partial charge in [0.15, 0.2) is 0 Å². The van der Waals surface area contributed by atoms with Crippen LogP contribution in [-0.4, -0.2) is 44.9 Å². The van der Waals surface area contributed by atoms with E-state index in [2.05, 4.69) is 5.32 Å². The minimum Gasteiger partial charge on any atom is -0.341 e. The smallest absolute Gasteiger partial charge is 0.328 e. The highest BCUT2D eigenvalue weighted by atomic mass is 32.2. The van der Waals surface area contributed by atoms with Crippen LogP contribution in [0.15, 0.2) is 29.2 Å². The molecule has 0 aromatic heterocycles. The Hall–Kier alpha value is -2.09. The summed E-state index contributed by atoms with van der Waals surface area (Å²) in [5, 5.41) is 2.46. The molecular weight excluding hydrogens is 318 g/mol. The highest BCUT2D eigenvalue weighted by molar-refractivity contribution is 7.90. The number of aryl methyl sites for hydroxylation is 1. The van der Waals surface area contributed by atoms with Gasteiger partial charge < -0.3 is 10.2 Å². The Morgan fingerprint density at radius 2 is 1.91 bits per heavy atom. The van der Waals surface area contributed by atoms with E-state index in [4.69, 9.17) is 0 Å². The molecule has 0 radical (unpaired) electrons. The molecule has 0 spiro atoms. The second kappa shape index (κ2) is 7.45. The first-order valence-corrected chi connectivity index (χ1v) is 9.02. The topological polar surface area (TPSA) is 95.6 Å². The van der Waals surface area contributed by atoms with Gasteiger partial charge in [-0.3, -0.25) is 4.79 Å². The molecule has 0 atom stereocenters. The van der Waals surface area contributed by atoms with E-state index in [1.165, 1.54) is 12.1 Å². The van der Waals surface area contributed by atoms with Gasteiger partial charge in [-0.1, -0.05) is 17.7 Å². The van der Waals surface area contributed by atoms with Crippen LogP contribution in [0.25, 0.3) is 0 Å². The van der Waals surface area contributed by atoms with Gasteiger partial charge in [-0.2, -0.15) is 0 Å². The SMILES string of the molecule is Cc1ccc(S(=O)(=O)NC(=O)NCCN2CCCCC2=O)cc1. The second-order valence-electron chi connectivity index (χ2n) is 5.51. The fourth-order valence-corrected chi connectivity index (χ4v) is 3.27. The van der Waals surface area contributed by atoms with E-state index >= 15 is 0 Å². The lowest BCUT2D eigenvalue weighted by Gasteiger charge is -2.26. The zero-order valence-corrected chi connectivity index (χ0v) is 13.9. The Kier molecular flexibility index (Phi) is 5.59. The van der Waals surface area contributed by atoms with Crippen LogP contribution in [0.2, 0.25) is 0 Å². The maximum Gasteiger partial charge on any atom is 0.328 e. The van der Waals surface area contributed by atoms with Crippen LogP contribution in [0, 0.1) is 6.92 Å². The molecule has 1 aromatic carbocycles. The lowest BCUT2D eigenvalue weighted by Crippen LogP contribution is -2.44. The summed E-state index contributed by atoms with van der Waals surface area (Å²) in [6, 6.07) is 5.41. The summed E-state index contributed by atoms with van der Waals surface area (Å²) in [7, 11) is -3.88. The summed E-state index contributed by atoms with van der Waals surface area (Å²) < 4.78 is 26.0. The van der Waals surface area contributed by atoms with Crippen molar-refractivity contribution in [1.29, 1.82) is 0 Å². The normalized spacial score (nSPS) is 15.3. The van der Waals surface area contributed by atoms with Crippen molar-refractivity contribution < 1.29 is 18.0 Å². The van der Waals surface area contributed by atoms with E-state index in [-0.39, 0.29) is 17.3 Å². The fraction of sp³-hybridized carbons (Fsp3) is 0.467. The quantitative estimate of drug-likeness (QED) is 0.836. The summed E-state index contributed by atoms with van der Waals surface area (Å²) in [6.45, 7) is 3.13. The Morgan fingerprint density at radius 3 is 2.57 bits per heavy atom. The van der Waals surface area contributed by atoms with Gasteiger partial charge in [0.05, 0.1) is 4.90 Å². The highest BCUT2D eigenvalue weighted by Crippen LogP contribution is 2.10. The van der Waals surface area contributed by atoms with Crippen LogP contribution in [0.5, 0.6) is 0 Å². The number of hydrogen-bond donors (Lipinski definition) is 2. The monoisotopic (exact) mass is 339 g/mol. The number of sulfonamides is 1. The zero-order chi connectivity index (χ0) is 16.9. The van der Waals surface area contributed by atoms with Gasteiger partial charge >= 0.3 is 6.03 Å². The van der Waals surface area contributed by atoms with E-state index in [9.17, 15) is 18.0 Å². The van der Waals surface area contributed by atoms with Gasteiger partial charge in [0, 0.05) is 26.1 Å². The summed E-state index contributed by atoms with van der Waals surface area (Å²) in [4.78, 5) is 25.0. The van der Waals surface area contributed by atoms with Gasteiger partial charge in [0.1, 0.15) is 0 Å². The lowest BCUT2D eigenvalue weighted by molar-refractivity contribution is -0.133. The van der Waals surface area contributed by atoms with Crippen molar-refractivity contribution in [3.8, 4) is 0 Å². The number of hydrogen-bond acceptors (Lipinski definition) is 4. The van der Waals surface area contributed by atoms with Crippen LogP contribution in [0.4, 0.5) is 4.79 Å². The molecule has 1 aliphatic rings. The number of urea groups is 1. The number of carbonyl (C=O) groups is 2. The Morgan fingerprint density at radius 1 is 1.22 bits per heavy atom. The van der Waals surface area contributed by atoms with Gasteiger partial charge in [-0.05, 0) is 31.9 Å². The molecule has 7 nitrogen and oxygen atoms in total. The molecule has 0 bridgehead atoms. The number of nitrogens with one attached hydrogen (secondary N) is 2. The van der Waals surface area contributed by atoms with Crippen LogP contribution < -0.4 is 10.0 Å². The molecule has 0 unspecified atom stereocenters. The zero-order valence-electron chi connectivity index (χ0n) is 13.0. The first-order valence-electron chi connectivity index (χ1n) is 7.53. The van der Waals surface area contributed by atoms with Crippen molar-refractivity contribution in [2.45, 2.75) is 31.1 Å². The predicted molar refractivity (Wildman–Crippen MR) is 85.3 cm³/mol. The van der Waals surface area contributed by atoms with Gasteiger partial charge in [0.2, 0.25) is 5.91 Å². The second-order valence-corrected chi connectivity index (χ2v) is 7.19. The molecule has 1 aromatic rings.